The minimum Gasteiger partial charge on any atom is -0.393 e. The van der Waals surface area contributed by atoms with Crippen molar-refractivity contribution in [3.63, 3.8) is 0 Å². The summed E-state index contributed by atoms with van der Waals surface area (Å²) < 4.78 is 0. The zero-order chi connectivity index (χ0) is 16.3. The molecule has 4 heteroatoms. The SMILES string of the molecule is CC1(C)CC(O)CCN(c2ccnc(Cc3ccccc3)n2)C1. The first-order valence-electron chi connectivity index (χ1n) is 8.31. The van der Waals surface area contributed by atoms with Crippen LogP contribution in [0.3, 0.4) is 0 Å². The van der Waals surface area contributed by atoms with E-state index in [1.165, 1.54) is 5.56 Å². The average molecular weight is 311 g/mol. The minimum atomic E-state index is -0.222. The molecule has 0 aliphatic carbocycles. The molecule has 0 bridgehead atoms. The highest BCUT2D eigenvalue weighted by Gasteiger charge is 2.29. The maximum absolute atomic E-state index is 10.1. The monoisotopic (exact) mass is 311 g/mol. The van der Waals surface area contributed by atoms with Gasteiger partial charge in [0, 0.05) is 25.7 Å². The molecule has 4 nitrogen and oxygen atoms in total. The zero-order valence-corrected chi connectivity index (χ0v) is 13.9. The molecular weight excluding hydrogens is 286 g/mol. The van der Waals surface area contributed by atoms with E-state index < -0.39 is 0 Å². The van der Waals surface area contributed by atoms with E-state index in [0.717, 1.165) is 44.0 Å². The highest BCUT2D eigenvalue weighted by atomic mass is 16.3. The van der Waals surface area contributed by atoms with Crippen LogP contribution in [0.5, 0.6) is 0 Å². The fraction of sp³-hybridized carbons (Fsp3) is 0.474. The van der Waals surface area contributed by atoms with Crippen LogP contribution in [0.15, 0.2) is 42.6 Å². The molecule has 1 unspecified atom stereocenters. The number of anilines is 1. The van der Waals surface area contributed by atoms with Crippen LogP contribution in [0.2, 0.25) is 0 Å². The van der Waals surface area contributed by atoms with E-state index in [9.17, 15) is 5.11 Å². The summed E-state index contributed by atoms with van der Waals surface area (Å²) in [7, 11) is 0. The van der Waals surface area contributed by atoms with Crippen molar-refractivity contribution in [2.75, 3.05) is 18.0 Å². The van der Waals surface area contributed by atoms with Gasteiger partial charge in [-0.1, -0.05) is 44.2 Å². The van der Waals surface area contributed by atoms with Crippen molar-refractivity contribution in [2.45, 2.75) is 39.2 Å². The van der Waals surface area contributed by atoms with Gasteiger partial charge in [0.1, 0.15) is 11.6 Å². The van der Waals surface area contributed by atoms with E-state index in [1.807, 2.05) is 30.5 Å². The molecule has 1 fully saturated rings. The predicted octanol–water partition coefficient (Wildman–Crippen LogP) is 3.05. The molecule has 0 spiro atoms. The first kappa shape index (κ1) is 15.9. The summed E-state index contributed by atoms with van der Waals surface area (Å²) in [5, 5.41) is 10.1. The van der Waals surface area contributed by atoms with Gasteiger partial charge in [-0.05, 0) is 29.9 Å². The standard InChI is InChI=1S/C19H25N3O/c1-19(2)13-16(23)9-11-22(14-19)18-8-10-20-17(21-18)12-15-6-4-3-5-7-15/h3-8,10,16,23H,9,11-14H2,1-2H3. The lowest BCUT2D eigenvalue weighted by molar-refractivity contribution is 0.123. The number of hydrogen-bond acceptors (Lipinski definition) is 4. The van der Waals surface area contributed by atoms with Gasteiger partial charge in [0.15, 0.2) is 0 Å². The Hall–Kier alpha value is -1.94. The summed E-state index contributed by atoms with van der Waals surface area (Å²) in [6.07, 6.45) is 4.00. The number of aromatic nitrogens is 2. The van der Waals surface area contributed by atoms with Crippen molar-refractivity contribution in [3.8, 4) is 0 Å². The Labute approximate surface area is 138 Å². The van der Waals surface area contributed by atoms with Crippen LogP contribution < -0.4 is 4.90 Å². The number of aliphatic hydroxyl groups excluding tert-OH is 1. The number of rotatable bonds is 3. The van der Waals surface area contributed by atoms with Crippen LogP contribution in [0, 0.1) is 5.41 Å². The quantitative estimate of drug-likeness (QED) is 0.946. The van der Waals surface area contributed by atoms with E-state index in [4.69, 9.17) is 4.98 Å². The Kier molecular flexibility index (Phi) is 4.62. The average Bonchev–Trinajstić information content (AvgIpc) is 2.66. The molecule has 122 valence electrons. The highest BCUT2D eigenvalue weighted by molar-refractivity contribution is 5.38. The first-order valence-corrected chi connectivity index (χ1v) is 8.31. The number of hydrogen-bond donors (Lipinski definition) is 1. The molecule has 1 N–H and O–H groups in total. The van der Waals surface area contributed by atoms with Crippen molar-refractivity contribution < 1.29 is 5.11 Å². The molecule has 1 saturated heterocycles. The van der Waals surface area contributed by atoms with Crippen LogP contribution >= 0.6 is 0 Å². The lowest BCUT2D eigenvalue weighted by Gasteiger charge is -2.30. The largest absolute Gasteiger partial charge is 0.393 e. The Morgan fingerprint density at radius 2 is 2.00 bits per heavy atom. The lowest BCUT2D eigenvalue weighted by Crippen LogP contribution is -2.33. The highest BCUT2D eigenvalue weighted by Crippen LogP contribution is 2.30. The summed E-state index contributed by atoms with van der Waals surface area (Å²) in [6, 6.07) is 12.3. The summed E-state index contributed by atoms with van der Waals surface area (Å²) in [6.45, 7) is 6.17. The van der Waals surface area contributed by atoms with Crippen molar-refractivity contribution >= 4 is 5.82 Å². The second kappa shape index (κ2) is 6.67. The Bertz CT molecular complexity index is 642. The van der Waals surface area contributed by atoms with E-state index in [2.05, 4.69) is 35.9 Å². The van der Waals surface area contributed by atoms with Crippen LogP contribution in [0.25, 0.3) is 0 Å². The summed E-state index contributed by atoms with van der Waals surface area (Å²) in [5.41, 5.74) is 1.30. The van der Waals surface area contributed by atoms with Crippen LogP contribution in [0.1, 0.15) is 38.1 Å². The molecule has 1 aliphatic rings. The summed E-state index contributed by atoms with van der Waals surface area (Å²) in [4.78, 5) is 11.5. The van der Waals surface area contributed by atoms with Crippen LogP contribution in [-0.2, 0) is 6.42 Å². The maximum atomic E-state index is 10.1. The van der Waals surface area contributed by atoms with Crippen molar-refractivity contribution in [3.05, 3.63) is 54.0 Å². The van der Waals surface area contributed by atoms with E-state index in [0.29, 0.717) is 0 Å². The van der Waals surface area contributed by atoms with Crippen molar-refractivity contribution in [2.24, 2.45) is 5.41 Å². The predicted molar refractivity (Wildman–Crippen MR) is 92.5 cm³/mol. The molecule has 2 heterocycles. The van der Waals surface area contributed by atoms with Gasteiger partial charge >= 0.3 is 0 Å². The molecule has 1 aliphatic heterocycles. The van der Waals surface area contributed by atoms with Gasteiger partial charge in [0.25, 0.3) is 0 Å². The fourth-order valence-electron chi connectivity index (χ4n) is 3.33. The van der Waals surface area contributed by atoms with Crippen molar-refractivity contribution in [1.29, 1.82) is 0 Å². The zero-order valence-electron chi connectivity index (χ0n) is 13.9. The van der Waals surface area contributed by atoms with Gasteiger partial charge in [0.2, 0.25) is 0 Å². The summed E-state index contributed by atoms with van der Waals surface area (Å²) >= 11 is 0. The topological polar surface area (TPSA) is 49.2 Å². The fourth-order valence-corrected chi connectivity index (χ4v) is 3.33. The van der Waals surface area contributed by atoms with Gasteiger partial charge < -0.3 is 10.0 Å². The smallest absolute Gasteiger partial charge is 0.135 e. The maximum Gasteiger partial charge on any atom is 0.135 e. The number of benzene rings is 1. The third kappa shape index (κ3) is 4.29. The van der Waals surface area contributed by atoms with Crippen molar-refractivity contribution in [1.82, 2.24) is 9.97 Å². The number of aliphatic hydroxyl groups is 1. The summed E-state index contributed by atoms with van der Waals surface area (Å²) in [5.74, 6) is 1.81. The molecule has 0 saturated carbocycles. The van der Waals surface area contributed by atoms with Crippen LogP contribution in [-0.4, -0.2) is 34.3 Å². The van der Waals surface area contributed by atoms with Crippen LogP contribution in [0.4, 0.5) is 5.82 Å². The van der Waals surface area contributed by atoms with Gasteiger partial charge in [0.05, 0.1) is 6.10 Å². The van der Waals surface area contributed by atoms with E-state index in [-0.39, 0.29) is 11.5 Å². The molecule has 1 aromatic heterocycles. The second-order valence-electron chi connectivity index (χ2n) is 7.23. The molecule has 3 rings (SSSR count). The van der Waals surface area contributed by atoms with E-state index >= 15 is 0 Å². The first-order chi connectivity index (χ1) is 11.0. The Morgan fingerprint density at radius 3 is 2.78 bits per heavy atom. The van der Waals surface area contributed by atoms with Gasteiger partial charge in [-0.15, -0.1) is 0 Å². The Balaban J connectivity index is 1.79. The lowest BCUT2D eigenvalue weighted by atomic mass is 9.87. The molecule has 1 aromatic carbocycles. The molecule has 0 radical (unpaired) electrons. The third-order valence-electron chi connectivity index (χ3n) is 4.36. The number of nitrogens with zero attached hydrogens (tertiary/aromatic N) is 3. The second-order valence-corrected chi connectivity index (χ2v) is 7.23. The third-order valence-corrected chi connectivity index (χ3v) is 4.36. The van der Waals surface area contributed by atoms with Gasteiger partial charge in [-0.2, -0.15) is 0 Å². The molecule has 23 heavy (non-hydrogen) atoms. The van der Waals surface area contributed by atoms with E-state index in [1.54, 1.807) is 0 Å². The molecular formula is C19H25N3O. The Morgan fingerprint density at radius 1 is 1.22 bits per heavy atom. The minimum absolute atomic E-state index is 0.0838. The molecule has 2 aromatic rings. The molecule has 1 atom stereocenters. The normalized spacial score (nSPS) is 21.0. The van der Waals surface area contributed by atoms with Gasteiger partial charge in [-0.25, -0.2) is 9.97 Å². The van der Waals surface area contributed by atoms with Gasteiger partial charge in [-0.3, -0.25) is 0 Å². The molecule has 0 amide bonds.